The molecule has 0 bridgehead atoms. The fourth-order valence-corrected chi connectivity index (χ4v) is 3.15. The molecule has 1 saturated carbocycles. The van der Waals surface area contributed by atoms with E-state index in [1.807, 2.05) is 26.8 Å². The Balaban J connectivity index is 0.00000156. The minimum absolute atomic E-state index is 0. The molecule has 25 heavy (non-hydrogen) atoms. The van der Waals surface area contributed by atoms with Crippen LogP contribution < -0.4 is 11.1 Å². The smallest absolute Gasteiger partial charge is 0.245 e. The van der Waals surface area contributed by atoms with Crippen molar-refractivity contribution in [2.45, 2.75) is 38.8 Å². The Kier molecular flexibility index (Phi) is 6.75. The lowest BCUT2D eigenvalue weighted by Gasteiger charge is -2.57. The number of amides is 1. The van der Waals surface area contributed by atoms with Gasteiger partial charge < -0.3 is 15.8 Å². The highest BCUT2D eigenvalue weighted by atomic mass is 35.5. The van der Waals surface area contributed by atoms with Crippen LogP contribution in [0.15, 0.2) is 30.7 Å². The predicted octanol–water partition coefficient (Wildman–Crippen LogP) is 2.94. The van der Waals surface area contributed by atoms with Crippen LogP contribution in [0.5, 0.6) is 0 Å². The van der Waals surface area contributed by atoms with Gasteiger partial charge in [-0.3, -0.25) is 14.8 Å². The van der Waals surface area contributed by atoms with Gasteiger partial charge in [-0.1, -0.05) is 13.8 Å². The number of aromatic nitrogens is 2. The first-order valence-electron chi connectivity index (χ1n) is 7.81. The van der Waals surface area contributed by atoms with E-state index in [0.29, 0.717) is 18.7 Å². The number of hydrogen-bond acceptors (Lipinski definition) is 5. The van der Waals surface area contributed by atoms with Gasteiger partial charge in [-0.2, -0.15) is 0 Å². The summed E-state index contributed by atoms with van der Waals surface area (Å²) >= 11 is 0. The minimum Gasteiger partial charge on any atom is -0.378 e. The normalized spacial score (nSPS) is 23.8. The molecule has 2 unspecified atom stereocenters. The van der Waals surface area contributed by atoms with Gasteiger partial charge >= 0.3 is 0 Å². The SMILES string of the molecule is CCOC1CC(N)(C(=O)Nc2ccnc3ccncc23)C1(C)C.Cl.Cl. The molecular weight excluding hydrogens is 363 g/mol. The zero-order chi connectivity index (χ0) is 16.7. The summed E-state index contributed by atoms with van der Waals surface area (Å²) in [6.45, 7) is 6.51. The van der Waals surface area contributed by atoms with Crippen LogP contribution in [0.4, 0.5) is 5.69 Å². The van der Waals surface area contributed by atoms with Gasteiger partial charge in [0.15, 0.2) is 0 Å². The van der Waals surface area contributed by atoms with Gasteiger partial charge in [-0.25, -0.2) is 0 Å². The Morgan fingerprint density at radius 1 is 1.36 bits per heavy atom. The van der Waals surface area contributed by atoms with Crippen molar-refractivity contribution in [2.75, 3.05) is 11.9 Å². The average Bonchev–Trinajstić information content (AvgIpc) is 2.54. The summed E-state index contributed by atoms with van der Waals surface area (Å²) in [6, 6.07) is 3.57. The summed E-state index contributed by atoms with van der Waals surface area (Å²) in [5, 5.41) is 3.74. The van der Waals surface area contributed by atoms with E-state index in [1.54, 1.807) is 24.7 Å². The standard InChI is InChI=1S/C17H22N4O2.2ClH/c1-4-23-14-9-17(18,16(14,2)3)15(22)21-13-6-8-20-12-5-7-19-10-11(12)13;;/h5-8,10,14H,4,9,18H2,1-3H3,(H,20,21,22);2*1H. The highest BCUT2D eigenvalue weighted by Crippen LogP contribution is 2.50. The Labute approximate surface area is 159 Å². The van der Waals surface area contributed by atoms with Crippen LogP contribution in [-0.4, -0.2) is 34.1 Å². The van der Waals surface area contributed by atoms with E-state index in [1.165, 1.54) is 0 Å². The molecule has 1 aliphatic rings. The van der Waals surface area contributed by atoms with Crippen LogP contribution in [-0.2, 0) is 9.53 Å². The van der Waals surface area contributed by atoms with Crippen LogP contribution in [0.3, 0.4) is 0 Å². The highest BCUT2D eigenvalue weighted by molar-refractivity contribution is 6.05. The van der Waals surface area contributed by atoms with Crippen molar-refractivity contribution in [3.05, 3.63) is 30.7 Å². The number of rotatable bonds is 4. The molecule has 0 aliphatic heterocycles. The third kappa shape index (κ3) is 3.44. The maximum absolute atomic E-state index is 12.8. The van der Waals surface area contributed by atoms with Crippen molar-refractivity contribution in [1.82, 2.24) is 9.97 Å². The molecular formula is C17H24Cl2N4O2. The second-order valence-electron chi connectivity index (χ2n) is 6.55. The average molecular weight is 387 g/mol. The number of anilines is 1. The molecule has 2 atom stereocenters. The number of nitrogens with one attached hydrogen (secondary N) is 1. The number of ether oxygens (including phenoxy) is 1. The number of pyridine rings is 2. The zero-order valence-electron chi connectivity index (χ0n) is 14.5. The summed E-state index contributed by atoms with van der Waals surface area (Å²) in [7, 11) is 0. The summed E-state index contributed by atoms with van der Waals surface area (Å²) < 4.78 is 5.68. The van der Waals surface area contributed by atoms with Gasteiger partial charge in [0.25, 0.3) is 0 Å². The molecule has 0 aromatic carbocycles. The fourth-order valence-electron chi connectivity index (χ4n) is 3.15. The van der Waals surface area contributed by atoms with E-state index in [4.69, 9.17) is 10.5 Å². The Morgan fingerprint density at radius 3 is 2.72 bits per heavy atom. The van der Waals surface area contributed by atoms with Crippen molar-refractivity contribution in [3.8, 4) is 0 Å². The molecule has 0 saturated heterocycles. The number of fused-ring (bicyclic) bond motifs is 1. The van der Waals surface area contributed by atoms with Gasteiger partial charge in [0.2, 0.25) is 5.91 Å². The number of carbonyl (C=O) groups excluding carboxylic acids is 1. The predicted molar refractivity (Wildman–Crippen MR) is 103 cm³/mol. The monoisotopic (exact) mass is 386 g/mol. The molecule has 3 rings (SSSR count). The lowest BCUT2D eigenvalue weighted by molar-refractivity contribution is -0.166. The largest absolute Gasteiger partial charge is 0.378 e. The summed E-state index contributed by atoms with van der Waals surface area (Å²) in [5.41, 5.74) is 6.49. The van der Waals surface area contributed by atoms with E-state index in [2.05, 4.69) is 15.3 Å². The van der Waals surface area contributed by atoms with Gasteiger partial charge in [-0.15, -0.1) is 24.8 Å². The van der Waals surface area contributed by atoms with E-state index in [9.17, 15) is 4.79 Å². The number of hydrogen-bond donors (Lipinski definition) is 2. The molecule has 0 spiro atoms. The number of halogens is 2. The third-order valence-corrected chi connectivity index (χ3v) is 5.03. The summed E-state index contributed by atoms with van der Waals surface area (Å²) in [4.78, 5) is 21.2. The van der Waals surface area contributed by atoms with Gasteiger partial charge in [0.1, 0.15) is 5.54 Å². The number of nitrogens with two attached hydrogens (primary N) is 1. The van der Waals surface area contributed by atoms with Crippen molar-refractivity contribution in [2.24, 2.45) is 11.1 Å². The second kappa shape index (κ2) is 7.83. The summed E-state index contributed by atoms with van der Waals surface area (Å²) in [5.74, 6) is -0.199. The Morgan fingerprint density at radius 2 is 2.08 bits per heavy atom. The molecule has 0 radical (unpaired) electrons. The van der Waals surface area contributed by atoms with Crippen molar-refractivity contribution < 1.29 is 9.53 Å². The van der Waals surface area contributed by atoms with E-state index in [-0.39, 0.29) is 36.8 Å². The molecule has 1 aliphatic carbocycles. The fraction of sp³-hybridized carbons (Fsp3) is 0.471. The Hall–Kier alpha value is -1.47. The van der Waals surface area contributed by atoms with E-state index in [0.717, 1.165) is 10.9 Å². The molecule has 1 amide bonds. The minimum atomic E-state index is -0.954. The van der Waals surface area contributed by atoms with Gasteiger partial charge in [0.05, 0.1) is 17.3 Å². The third-order valence-electron chi connectivity index (χ3n) is 5.03. The molecule has 3 N–H and O–H groups in total. The second-order valence-corrected chi connectivity index (χ2v) is 6.55. The van der Waals surface area contributed by atoms with Crippen molar-refractivity contribution >= 4 is 47.3 Å². The lowest BCUT2D eigenvalue weighted by Crippen LogP contribution is -2.74. The first kappa shape index (κ1) is 21.6. The van der Waals surface area contributed by atoms with Crippen molar-refractivity contribution in [1.29, 1.82) is 0 Å². The van der Waals surface area contributed by atoms with Crippen LogP contribution in [0, 0.1) is 5.41 Å². The maximum atomic E-state index is 12.8. The highest BCUT2D eigenvalue weighted by Gasteiger charge is 2.62. The van der Waals surface area contributed by atoms with Gasteiger partial charge in [0, 0.05) is 42.4 Å². The molecule has 2 heterocycles. The van der Waals surface area contributed by atoms with E-state index < -0.39 is 11.0 Å². The first-order valence-corrected chi connectivity index (χ1v) is 7.81. The Bertz CT molecular complexity index is 751. The first-order chi connectivity index (χ1) is 10.9. The van der Waals surface area contributed by atoms with Crippen molar-refractivity contribution in [3.63, 3.8) is 0 Å². The molecule has 138 valence electrons. The van der Waals surface area contributed by atoms with E-state index >= 15 is 0 Å². The van der Waals surface area contributed by atoms with Crippen LogP contribution in [0.1, 0.15) is 27.2 Å². The molecule has 2 aromatic heterocycles. The molecule has 1 fully saturated rings. The summed E-state index contributed by atoms with van der Waals surface area (Å²) in [6.07, 6.45) is 5.54. The topological polar surface area (TPSA) is 90.1 Å². The maximum Gasteiger partial charge on any atom is 0.245 e. The number of nitrogens with zero attached hydrogens (tertiary/aromatic N) is 2. The molecule has 6 nitrogen and oxygen atoms in total. The lowest BCUT2D eigenvalue weighted by atomic mass is 9.54. The molecule has 2 aromatic rings. The van der Waals surface area contributed by atoms with Crippen LogP contribution in [0.2, 0.25) is 0 Å². The zero-order valence-corrected chi connectivity index (χ0v) is 16.1. The molecule has 8 heteroatoms. The quantitative estimate of drug-likeness (QED) is 0.842. The van der Waals surface area contributed by atoms with Crippen LogP contribution in [0.25, 0.3) is 10.9 Å². The number of carbonyl (C=O) groups is 1. The van der Waals surface area contributed by atoms with Crippen LogP contribution >= 0.6 is 24.8 Å². The van der Waals surface area contributed by atoms with Gasteiger partial charge in [-0.05, 0) is 19.1 Å².